The molecular weight excluding hydrogens is 416 g/mol. The molecule has 0 aliphatic rings. The lowest BCUT2D eigenvalue weighted by atomic mass is 10.1. The van der Waals surface area contributed by atoms with Gasteiger partial charge in [0, 0.05) is 30.2 Å². The van der Waals surface area contributed by atoms with Gasteiger partial charge in [-0.25, -0.2) is 4.68 Å². The highest BCUT2D eigenvalue weighted by molar-refractivity contribution is 6.30. The Morgan fingerprint density at radius 2 is 1.87 bits per heavy atom. The summed E-state index contributed by atoms with van der Waals surface area (Å²) in [5.74, 6) is 0.0419. The molecule has 2 heterocycles. The van der Waals surface area contributed by atoms with Gasteiger partial charge >= 0.3 is 0 Å². The Morgan fingerprint density at radius 1 is 1.03 bits per heavy atom. The molecule has 0 atom stereocenters. The Balaban J connectivity index is 1.59. The molecule has 2 aromatic heterocycles. The van der Waals surface area contributed by atoms with E-state index in [0.29, 0.717) is 27.7 Å². The van der Waals surface area contributed by atoms with E-state index in [2.05, 4.69) is 15.7 Å². The zero-order chi connectivity index (χ0) is 21.8. The third-order valence-electron chi connectivity index (χ3n) is 4.64. The highest BCUT2D eigenvalue weighted by Gasteiger charge is 2.18. The summed E-state index contributed by atoms with van der Waals surface area (Å²) in [6.45, 7) is 0.254. The average molecular weight is 435 g/mol. The number of hydrogen-bond donors (Lipinski definition) is 2. The summed E-state index contributed by atoms with van der Waals surface area (Å²) < 4.78 is 7.13. The van der Waals surface area contributed by atoms with Crippen molar-refractivity contribution in [3.8, 4) is 17.1 Å². The minimum Gasteiger partial charge on any atom is -0.463 e. The maximum Gasteiger partial charge on any atom is 0.272 e. The lowest BCUT2D eigenvalue weighted by molar-refractivity contribution is 0.0944. The van der Waals surface area contributed by atoms with E-state index in [1.165, 1.54) is 0 Å². The van der Waals surface area contributed by atoms with Crippen LogP contribution < -0.4 is 10.6 Å². The molecule has 2 aromatic carbocycles. The number of halogens is 1. The summed E-state index contributed by atoms with van der Waals surface area (Å²) in [4.78, 5) is 24.6. The second-order valence-corrected chi connectivity index (χ2v) is 7.18. The maximum atomic E-state index is 12.8. The van der Waals surface area contributed by atoms with Crippen LogP contribution >= 0.6 is 11.6 Å². The number of aromatic nitrogens is 2. The van der Waals surface area contributed by atoms with E-state index in [9.17, 15) is 9.59 Å². The van der Waals surface area contributed by atoms with Gasteiger partial charge < -0.3 is 15.1 Å². The van der Waals surface area contributed by atoms with Gasteiger partial charge in [0.05, 0.1) is 12.0 Å². The summed E-state index contributed by atoms with van der Waals surface area (Å²) in [6.07, 6.45) is 1.56. The smallest absolute Gasteiger partial charge is 0.272 e. The molecule has 0 unspecified atom stereocenters. The zero-order valence-electron chi connectivity index (χ0n) is 16.6. The molecule has 0 fully saturated rings. The van der Waals surface area contributed by atoms with E-state index in [4.69, 9.17) is 16.0 Å². The molecule has 7 nitrogen and oxygen atoms in total. The van der Waals surface area contributed by atoms with Crippen molar-refractivity contribution in [1.29, 1.82) is 0 Å². The van der Waals surface area contributed by atoms with Crippen molar-refractivity contribution in [2.45, 2.75) is 6.54 Å². The summed E-state index contributed by atoms with van der Waals surface area (Å²) in [6, 6.07) is 19.5. The molecule has 0 aliphatic heterocycles. The molecule has 0 bridgehead atoms. The minimum atomic E-state index is -0.348. The van der Waals surface area contributed by atoms with Gasteiger partial charge in [-0.3, -0.25) is 9.59 Å². The first-order valence-corrected chi connectivity index (χ1v) is 9.92. The number of carbonyl (C=O) groups is 2. The number of nitrogens with zero attached hydrogens (tertiary/aromatic N) is 2. The molecule has 0 aliphatic carbocycles. The average Bonchev–Trinajstić information content (AvgIpc) is 3.47. The number of benzene rings is 2. The molecule has 0 saturated carbocycles. The van der Waals surface area contributed by atoms with E-state index >= 15 is 0 Å². The van der Waals surface area contributed by atoms with Crippen molar-refractivity contribution < 1.29 is 14.0 Å². The van der Waals surface area contributed by atoms with E-state index in [0.717, 1.165) is 5.56 Å². The van der Waals surface area contributed by atoms with Crippen LogP contribution in [0.15, 0.2) is 77.4 Å². The third-order valence-corrected chi connectivity index (χ3v) is 4.87. The Morgan fingerprint density at radius 3 is 2.61 bits per heavy atom. The summed E-state index contributed by atoms with van der Waals surface area (Å²) in [5.41, 5.74) is 2.89. The van der Waals surface area contributed by atoms with Gasteiger partial charge in [0.25, 0.3) is 11.8 Å². The first kappa shape index (κ1) is 20.4. The van der Waals surface area contributed by atoms with Gasteiger partial charge in [-0.2, -0.15) is 5.10 Å². The molecule has 8 heteroatoms. The van der Waals surface area contributed by atoms with Crippen LogP contribution in [0.5, 0.6) is 0 Å². The molecular formula is C23H19ClN4O3. The van der Waals surface area contributed by atoms with E-state index in [1.807, 2.05) is 18.2 Å². The molecule has 2 amide bonds. The number of amides is 2. The van der Waals surface area contributed by atoms with Crippen LogP contribution in [-0.4, -0.2) is 28.6 Å². The lowest BCUT2D eigenvalue weighted by Gasteiger charge is -2.06. The van der Waals surface area contributed by atoms with Gasteiger partial charge in [0.1, 0.15) is 5.69 Å². The van der Waals surface area contributed by atoms with Gasteiger partial charge in [0.2, 0.25) is 0 Å². The molecule has 4 rings (SSSR count). The van der Waals surface area contributed by atoms with Crippen LogP contribution in [-0.2, 0) is 6.54 Å². The fraction of sp³-hybridized carbons (Fsp3) is 0.0870. The lowest BCUT2D eigenvalue weighted by Crippen LogP contribution is -2.24. The SMILES string of the molecule is CNC(=O)c1cccc(CNC(=O)c2cc(-c3ccco3)n(-c3cccc(Cl)c3)n2)c1. The molecule has 2 N–H and O–H groups in total. The van der Waals surface area contributed by atoms with Gasteiger partial charge in [0.15, 0.2) is 11.5 Å². The molecule has 156 valence electrons. The second-order valence-electron chi connectivity index (χ2n) is 6.75. The minimum absolute atomic E-state index is 0.184. The van der Waals surface area contributed by atoms with Crippen molar-refractivity contribution >= 4 is 23.4 Å². The number of carbonyl (C=O) groups excluding carboxylic acids is 2. The number of rotatable bonds is 6. The molecule has 0 saturated heterocycles. The monoisotopic (exact) mass is 434 g/mol. The fourth-order valence-electron chi connectivity index (χ4n) is 3.14. The molecule has 31 heavy (non-hydrogen) atoms. The predicted octanol–water partition coefficient (Wildman–Crippen LogP) is 4.08. The van der Waals surface area contributed by atoms with Crippen LogP contribution in [0.2, 0.25) is 5.02 Å². The molecule has 0 radical (unpaired) electrons. The van der Waals surface area contributed by atoms with Crippen LogP contribution in [0, 0.1) is 0 Å². The van der Waals surface area contributed by atoms with Crippen molar-refractivity contribution in [3.05, 3.63) is 94.8 Å². The quantitative estimate of drug-likeness (QED) is 0.478. The first-order valence-electron chi connectivity index (χ1n) is 9.54. The van der Waals surface area contributed by atoms with E-state index in [-0.39, 0.29) is 24.1 Å². The highest BCUT2D eigenvalue weighted by Crippen LogP contribution is 2.26. The molecule has 0 spiro atoms. The van der Waals surface area contributed by atoms with Gasteiger partial charge in [-0.15, -0.1) is 0 Å². The van der Waals surface area contributed by atoms with Crippen LogP contribution in [0.3, 0.4) is 0 Å². The van der Waals surface area contributed by atoms with Crippen molar-refractivity contribution in [1.82, 2.24) is 20.4 Å². The van der Waals surface area contributed by atoms with Crippen LogP contribution in [0.1, 0.15) is 26.4 Å². The number of hydrogen-bond acceptors (Lipinski definition) is 4. The second kappa shape index (κ2) is 8.89. The van der Waals surface area contributed by atoms with E-state index < -0.39 is 0 Å². The molecule has 4 aromatic rings. The number of furan rings is 1. The van der Waals surface area contributed by atoms with Crippen LogP contribution in [0.4, 0.5) is 0 Å². The standard InChI is InChI=1S/C23H19ClN4O3/c1-25-22(29)16-6-2-5-15(11-16)14-26-23(30)19-13-20(21-9-4-10-31-21)28(27-19)18-8-3-7-17(24)12-18/h2-13H,14H2,1H3,(H,25,29)(H,26,30). The highest BCUT2D eigenvalue weighted by atomic mass is 35.5. The Kier molecular flexibility index (Phi) is 5.86. The fourth-order valence-corrected chi connectivity index (χ4v) is 3.32. The van der Waals surface area contributed by atoms with Crippen molar-refractivity contribution in [3.63, 3.8) is 0 Å². The van der Waals surface area contributed by atoms with Crippen molar-refractivity contribution in [2.75, 3.05) is 7.05 Å². The van der Waals surface area contributed by atoms with Gasteiger partial charge in [-0.05, 0) is 48.0 Å². The largest absolute Gasteiger partial charge is 0.463 e. The number of nitrogens with one attached hydrogen (secondary N) is 2. The maximum absolute atomic E-state index is 12.8. The topological polar surface area (TPSA) is 89.2 Å². The van der Waals surface area contributed by atoms with Crippen LogP contribution in [0.25, 0.3) is 17.1 Å². The van der Waals surface area contributed by atoms with Crippen molar-refractivity contribution in [2.24, 2.45) is 0 Å². The zero-order valence-corrected chi connectivity index (χ0v) is 17.4. The summed E-state index contributed by atoms with van der Waals surface area (Å²) in [5, 5.41) is 10.5. The summed E-state index contributed by atoms with van der Waals surface area (Å²) >= 11 is 6.13. The van der Waals surface area contributed by atoms with E-state index in [1.54, 1.807) is 66.5 Å². The normalized spacial score (nSPS) is 10.6. The Bertz CT molecular complexity index is 1230. The summed E-state index contributed by atoms with van der Waals surface area (Å²) in [7, 11) is 1.57. The third kappa shape index (κ3) is 4.51. The predicted molar refractivity (Wildman–Crippen MR) is 117 cm³/mol. The Labute approximate surface area is 183 Å². The Hall–Kier alpha value is -3.84. The van der Waals surface area contributed by atoms with Gasteiger partial charge in [-0.1, -0.05) is 29.8 Å². The first-order chi connectivity index (χ1) is 15.0.